The molecule has 1 aliphatic heterocycles. The lowest BCUT2D eigenvalue weighted by molar-refractivity contribution is -0.137. The van der Waals surface area contributed by atoms with Crippen LogP contribution >= 0.6 is 0 Å². The van der Waals surface area contributed by atoms with Gasteiger partial charge in [-0.3, -0.25) is 9.59 Å². The van der Waals surface area contributed by atoms with Gasteiger partial charge in [0.25, 0.3) is 11.8 Å². The first-order chi connectivity index (χ1) is 14.9. The molecule has 31 heavy (non-hydrogen) atoms. The molecule has 1 atom stereocenters. The number of hydrogen-bond acceptors (Lipinski definition) is 6. The highest BCUT2D eigenvalue weighted by atomic mass is 32.2. The maximum atomic E-state index is 13.0. The molecule has 1 aromatic heterocycles. The van der Waals surface area contributed by atoms with Gasteiger partial charge in [0.05, 0.1) is 17.8 Å². The molecule has 0 spiro atoms. The highest BCUT2D eigenvalue weighted by molar-refractivity contribution is 7.91. The number of rotatable bonds is 7. The van der Waals surface area contributed by atoms with Crippen LogP contribution in [0.15, 0.2) is 47.1 Å². The van der Waals surface area contributed by atoms with E-state index in [1.54, 1.807) is 41.3 Å². The van der Waals surface area contributed by atoms with E-state index in [1.807, 2.05) is 0 Å². The van der Waals surface area contributed by atoms with Gasteiger partial charge < -0.3 is 19.4 Å². The van der Waals surface area contributed by atoms with Crippen molar-refractivity contribution in [1.29, 1.82) is 0 Å². The molecule has 9 heteroatoms. The van der Waals surface area contributed by atoms with Gasteiger partial charge in [0, 0.05) is 17.8 Å². The van der Waals surface area contributed by atoms with Crippen LogP contribution in [-0.4, -0.2) is 55.3 Å². The Morgan fingerprint density at radius 1 is 1.06 bits per heavy atom. The van der Waals surface area contributed by atoms with Crippen LogP contribution in [-0.2, 0) is 14.6 Å². The molecule has 1 aromatic carbocycles. The quantitative estimate of drug-likeness (QED) is 0.701. The second-order valence-corrected chi connectivity index (χ2v) is 10.3. The number of hydrogen-bond donors (Lipinski definition) is 1. The predicted molar refractivity (Wildman–Crippen MR) is 115 cm³/mol. The van der Waals surface area contributed by atoms with Crippen molar-refractivity contribution in [2.45, 2.75) is 44.2 Å². The maximum Gasteiger partial charge on any atom is 0.291 e. The van der Waals surface area contributed by atoms with Gasteiger partial charge in [0.2, 0.25) is 0 Å². The Kier molecular flexibility index (Phi) is 6.31. The maximum absolute atomic E-state index is 13.0. The zero-order chi connectivity index (χ0) is 21.8. The van der Waals surface area contributed by atoms with Crippen molar-refractivity contribution < 1.29 is 27.2 Å². The number of sulfone groups is 1. The SMILES string of the molecule is O=C(Nc1ccc(OCC(=O)N(C2CCCC2)C2CCS(=O)(=O)C2)cc1)c1ccco1. The van der Waals surface area contributed by atoms with E-state index in [-0.39, 0.29) is 47.8 Å². The number of nitrogens with one attached hydrogen (secondary N) is 1. The Hall–Kier alpha value is -2.81. The van der Waals surface area contributed by atoms with E-state index in [4.69, 9.17) is 9.15 Å². The summed E-state index contributed by atoms with van der Waals surface area (Å²) in [4.78, 5) is 26.8. The Bertz CT molecular complexity index is 1010. The average Bonchev–Trinajstić information content (AvgIpc) is 3.50. The van der Waals surface area contributed by atoms with E-state index in [0.717, 1.165) is 25.7 Å². The molecule has 166 valence electrons. The van der Waals surface area contributed by atoms with E-state index in [1.165, 1.54) is 6.26 Å². The number of carbonyl (C=O) groups excluding carboxylic acids is 2. The third-order valence-electron chi connectivity index (χ3n) is 5.83. The summed E-state index contributed by atoms with van der Waals surface area (Å²) >= 11 is 0. The highest BCUT2D eigenvalue weighted by Crippen LogP contribution is 2.29. The Balaban J connectivity index is 1.35. The van der Waals surface area contributed by atoms with Crippen molar-refractivity contribution in [2.75, 3.05) is 23.4 Å². The van der Waals surface area contributed by atoms with E-state index in [0.29, 0.717) is 17.9 Å². The molecule has 8 nitrogen and oxygen atoms in total. The molecule has 2 fully saturated rings. The van der Waals surface area contributed by atoms with Crippen molar-refractivity contribution in [3.05, 3.63) is 48.4 Å². The fourth-order valence-electron chi connectivity index (χ4n) is 4.34. The minimum Gasteiger partial charge on any atom is -0.484 e. The first-order valence-electron chi connectivity index (χ1n) is 10.5. The number of furan rings is 1. The summed E-state index contributed by atoms with van der Waals surface area (Å²) < 4.78 is 34.6. The smallest absolute Gasteiger partial charge is 0.291 e. The number of nitrogens with zero attached hydrogens (tertiary/aromatic N) is 1. The van der Waals surface area contributed by atoms with Gasteiger partial charge >= 0.3 is 0 Å². The van der Waals surface area contributed by atoms with Crippen LogP contribution in [0.2, 0.25) is 0 Å². The largest absolute Gasteiger partial charge is 0.484 e. The van der Waals surface area contributed by atoms with Crippen LogP contribution < -0.4 is 10.1 Å². The summed E-state index contributed by atoms with van der Waals surface area (Å²) in [6.07, 6.45) is 5.85. The van der Waals surface area contributed by atoms with Gasteiger partial charge in [-0.1, -0.05) is 12.8 Å². The van der Waals surface area contributed by atoms with Crippen molar-refractivity contribution in [3.8, 4) is 5.75 Å². The molecule has 1 N–H and O–H groups in total. The Labute approximate surface area is 181 Å². The fourth-order valence-corrected chi connectivity index (χ4v) is 6.05. The molecule has 1 unspecified atom stereocenters. The number of benzene rings is 1. The zero-order valence-corrected chi connectivity index (χ0v) is 18.0. The first kappa shape index (κ1) is 21.4. The van der Waals surface area contributed by atoms with E-state index in [2.05, 4.69) is 5.32 Å². The Morgan fingerprint density at radius 3 is 2.42 bits per heavy atom. The monoisotopic (exact) mass is 446 g/mol. The molecule has 2 aromatic rings. The molecular formula is C22H26N2O6S. The van der Waals surface area contributed by atoms with Gasteiger partial charge in [-0.15, -0.1) is 0 Å². The third kappa shape index (κ3) is 5.28. The normalized spacial score (nSPS) is 20.5. The van der Waals surface area contributed by atoms with Crippen LogP contribution in [0.3, 0.4) is 0 Å². The number of ether oxygens (including phenoxy) is 1. The lowest BCUT2D eigenvalue weighted by Gasteiger charge is -2.34. The second-order valence-electron chi connectivity index (χ2n) is 8.04. The van der Waals surface area contributed by atoms with Crippen molar-refractivity contribution in [3.63, 3.8) is 0 Å². The standard InChI is InChI=1S/C22H26N2O6S/c25-21(24(17-4-1-2-5-17)18-11-13-31(27,28)15-18)14-30-19-9-7-16(8-10-19)23-22(26)20-6-3-12-29-20/h3,6-10,12,17-18H,1-2,4-5,11,13-15H2,(H,23,26). The zero-order valence-electron chi connectivity index (χ0n) is 17.2. The molecule has 1 aliphatic carbocycles. The molecule has 2 heterocycles. The van der Waals surface area contributed by atoms with Crippen molar-refractivity contribution >= 4 is 27.3 Å². The number of anilines is 1. The van der Waals surface area contributed by atoms with E-state index < -0.39 is 9.84 Å². The Morgan fingerprint density at radius 2 is 1.81 bits per heavy atom. The van der Waals surface area contributed by atoms with Gasteiger partial charge in [0.15, 0.2) is 22.2 Å². The van der Waals surface area contributed by atoms with Gasteiger partial charge in [-0.2, -0.15) is 0 Å². The van der Waals surface area contributed by atoms with E-state index >= 15 is 0 Å². The van der Waals surface area contributed by atoms with Gasteiger partial charge in [-0.25, -0.2) is 8.42 Å². The van der Waals surface area contributed by atoms with Crippen LogP contribution in [0.5, 0.6) is 5.75 Å². The molecule has 0 bridgehead atoms. The molecular weight excluding hydrogens is 420 g/mol. The van der Waals surface area contributed by atoms with Crippen LogP contribution in [0, 0.1) is 0 Å². The minimum absolute atomic E-state index is 0.0410. The predicted octanol–water partition coefficient (Wildman–Crippen LogP) is 2.87. The second kappa shape index (κ2) is 9.13. The van der Waals surface area contributed by atoms with Crippen molar-refractivity contribution in [1.82, 2.24) is 4.90 Å². The van der Waals surface area contributed by atoms with Crippen molar-refractivity contribution in [2.24, 2.45) is 0 Å². The summed E-state index contributed by atoms with van der Waals surface area (Å²) in [6.45, 7) is -0.148. The van der Waals surface area contributed by atoms with Gasteiger partial charge in [0.1, 0.15) is 5.75 Å². The molecule has 2 aliphatic rings. The molecule has 1 saturated heterocycles. The fraction of sp³-hybridized carbons (Fsp3) is 0.455. The molecule has 2 amide bonds. The summed E-state index contributed by atoms with van der Waals surface area (Å²) in [6, 6.07) is 9.74. The lowest BCUT2D eigenvalue weighted by atomic mass is 10.1. The third-order valence-corrected chi connectivity index (χ3v) is 7.58. The summed E-state index contributed by atoms with van der Waals surface area (Å²) in [7, 11) is -3.08. The molecule has 0 radical (unpaired) electrons. The molecule has 4 rings (SSSR count). The van der Waals surface area contributed by atoms with Crippen LogP contribution in [0.1, 0.15) is 42.7 Å². The summed E-state index contributed by atoms with van der Waals surface area (Å²) in [5, 5.41) is 2.72. The first-order valence-corrected chi connectivity index (χ1v) is 12.3. The van der Waals surface area contributed by atoms with Crippen LogP contribution in [0.25, 0.3) is 0 Å². The minimum atomic E-state index is -3.08. The number of amides is 2. The number of carbonyl (C=O) groups is 2. The summed E-state index contributed by atoms with van der Waals surface area (Å²) in [5.41, 5.74) is 0.573. The highest BCUT2D eigenvalue weighted by Gasteiger charge is 2.39. The topological polar surface area (TPSA) is 106 Å². The van der Waals surface area contributed by atoms with Gasteiger partial charge in [-0.05, 0) is 55.7 Å². The average molecular weight is 447 g/mol. The van der Waals surface area contributed by atoms with E-state index in [9.17, 15) is 18.0 Å². The summed E-state index contributed by atoms with van der Waals surface area (Å²) in [5.74, 6) is 0.359. The lowest BCUT2D eigenvalue weighted by Crippen LogP contribution is -2.48. The van der Waals surface area contributed by atoms with Crippen LogP contribution in [0.4, 0.5) is 5.69 Å². The molecule has 1 saturated carbocycles.